The summed E-state index contributed by atoms with van der Waals surface area (Å²) in [5.74, 6) is 0. The zero-order valence-electron chi connectivity index (χ0n) is 30.0. The smallest absolute Gasteiger partial charge is 0.0708 e. The highest BCUT2D eigenvalue weighted by molar-refractivity contribution is 9.10. The lowest BCUT2D eigenvalue weighted by Gasteiger charge is -2.18. The minimum atomic E-state index is 0. The third-order valence-electron chi connectivity index (χ3n) is 10.1. The predicted octanol–water partition coefficient (Wildman–Crippen LogP) is 15.2. The van der Waals surface area contributed by atoms with Crippen LogP contribution in [0.1, 0.15) is 7.43 Å². The van der Waals surface area contributed by atoms with Crippen molar-refractivity contribution >= 4 is 15.9 Å². The zero-order valence-corrected chi connectivity index (χ0v) is 31.6. The predicted molar refractivity (Wildman–Crippen MR) is 240 cm³/mol. The Labute approximate surface area is 338 Å². The molecule has 2 aromatic heterocycles. The van der Waals surface area contributed by atoms with E-state index in [4.69, 9.17) is 9.97 Å². The minimum Gasteiger partial charge on any atom is -0.256 e. The topological polar surface area (TPSA) is 25.8 Å². The first-order chi connectivity index (χ1) is 27.2. The van der Waals surface area contributed by atoms with E-state index in [1.165, 1.54) is 0 Å². The monoisotopic (exact) mass is 782 g/mol. The van der Waals surface area contributed by atoms with Crippen molar-refractivity contribution in [3.63, 3.8) is 0 Å². The largest absolute Gasteiger partial charge is 0.256 e. The molecule has 0 fully saturated rings. The maximum Gasteiger partial charge on any atom is 0.0708 e. The third-order valence-corrected chi connectivity index (χ3v) is 10.5. The van der Waals surface area contributed by atoms with Crippen molar-refractivity contribution in [2.45, 2.75) is 7.43 Å². The van der Waals surface area contributed by atoms with Crippen molar-refractivity contribution in [1.29, 1.82) is 0 Å². The van der Waals surface area contributed by atoms with Crippen LogP contribution < -0.4 is 0 Å². The number of hydrogen-bond donors (Lipinski definition) is 0. The maximum absolute atomic E-state index is 5.02. The van der Waals surface area contributed by atoms with Gasteiger partial charge in [-0.3, -0.25) is 9.97 Å². The number of hydrogen-bond acceptors (Lipinski definition) is 2. The molecular formula is C53H39BrN2. The first-order valence-corrected chi connectivity index (χ1v) is 19.2. The molecular weight excluding hydrogens is 745 g/mol. The summed E-state index contributed by atoms with van der Waals surface area (Å²) in [4.78, 5) is 10.0. The van der Waals surface area contributed by atoms with Crippen LogP contribution in [0.5, 0.6) is 0 Å². The molecule has 56 heavy (non-hydrogen) atoms. The van der Waals surface area contributed by atoms with Gasteiger partial charge in [-0.1, -0.05) is 193 Å². The Morgan fingerprint density at radius 1 is 0.268 bits per heavy atom. The molecule has 9 rings (SSSR count). The molecule has 268 valence electrons. The molecule has 0 amide bonds. The Balaban J connectivity index is 0.00000441. The second-order valence-corrected chi connectivity index (χ2v) is 14.4. The van der Waals surface area contributed by atoms with Gasteiger partial charge in [0.05, 0.1) is 11.4 Å². The first kappa shape index (κ1) is 36.3. The van der Waals surface area contributed by atoms with Crippen LogP contribution in [-0.2, 0) is 0 Å². The van der Waals surface area contributed by atoms with Gasteiger partial charge < -0.3 is 0 Å². The highest BCUT2D eigenvalue weighted by Gasteiger charge is 2.18. The highest BCUT2D eigenvalue weighted by Crippen LogP contribution is 2.44. The number of halogens is 1. The second kappa shape index (κ2) is 16.4. The van der Waals surface area contributed by atoms with E-state index in [1.807, 2.05) is 24.5 Å². The maximum atomic E-state index is 5.02. The fourth-order valence-electron chi connectivity index (χ4n) is 7.43. The van der Waals surface area contributed by atoms with E-state index in [2.05, 4.69) is 204 Å². The van der Waals surface area contributed by atoms with Gasteiger partial charge >= 0.3 is 0 Å². The van der Waals surface area contributed by atoms with Crippen LogP contribution in [0, 0.1) is 0 Å². The van der Waals surface area contributed by atoms with E-state index in [9.17, 15) is 0 Å². The van der Waals surface area contributed by atoms with Gasteiger partial charge in [-0.2, -0.15) is 0 Å². The summed E-state index contributed by atoms with van der Waals surface area (Å²) in [6.45, 7) is 0. The normalized spacial score (nSPS) is 10.8. The van der Waals surface area contributed by atoms with Crippen LogP contribution >= 0.6 is 15.9 Å². The summed E-state index contributed by atoms with van der Waals surface area (Å²) in [6.07, 6.45) is 4.07. The van der Waals surface area contributed by atoms with E-state index in [0.717, 1.165) is 93.7 Å². The Morgan fingerprint density at radius 3 is 0.964 bits per heavy atom. The summed E-state index contributed by atoms with van der Waals surface area (Å²) in [5.41, 5.74) is 17.6. The van der Waals surface area contributed by atoms with E-state index in [0.29, 0.717) is 0 Å². The second-order valence-electron chi connectivity index (χ2n) is 13.5. The van der Waals surface area contributed by atoms with Gasteiger partial charge in [0, 0.05) is 39.1 Å². The Hall–Kier alpha value is -6.68. The van der Waals surface area contributed by atoms with Crippen LogP contribution in [0.25, 0.3) is 89.3 Å². The Morgan fingerprint density at radius 2 is 0.589 bits per heavy atom. The van der Waals surface area contributed by atoms with Crippen molar-refractivity contribution in [3.8, 4) is 89.3 Å². The lowest BCUT2D eigenvalue weighted by atomic mass is 9.87. The van der Waals surface area contributed by atoms with E-state index < -0.39 is 0 Å². The van der Waals surface area contributed by atoms with Gasteiger partial charge in [0.25, 0.3) is 0 Å². The average Bonchev–Trinajstić information content (AvgIpc) is 3.27. The summed E-state index contributed by atoms with van der Waals surface area (Å²) in [6, 6.07) is 70.5. The molecule has 3 heteroatoms. The summed E-state index contributed by atoms with van der Waals surface area (Å²) in [5, 5.41) is 0. The summed E-state index contributed by atoms with van der Waals surface area (Å²) >= 11 is 3.92. The summed E-state index contributed by atoms with van der Waals surface area (Å²) < 4.78 is 1.01. The number of aromatic nitrogens is 2. The van der Waals surface area contributed by atoms with E-state index in [1.54, 1.807) is 0 Å². The Bertz CT molecular complexity index is 2560. The van der Waals surface area contributed by atoms with Gasteiger partial charge in [0.2, 0.25) is 0 Å². The van der Waals surface area contributed by atoms with Gasteiger partial charge in [0.15, 0.2) is 0 Å². The van der Waals surface area contributed by atoms with Crippen LogP contribution in [0.15, 0.2) is 217 Å². The zero-order chi connectivity index (χ0) is 37.0. The van der Waals surface area contributed by atoms with Gasteiger partial charge in [0.1, 0.15) is 0 Å². The van der Waals surface area contributed by atoms with E-state index in [-0.39, 0.29) is 7.43 Å². The standard InChI is InChI=1S/C52H35BrN2.CH4/c53-42-30-40(43-25-13-15-27-45(43)49-34-54-51(38-21-9-3-10-22-38)32-47(49)36-17-5-1-6-18-36)29-41(31-42)44-26-14-16-28-46(44)50-35-55-52(39-23-11-4-12-24-39)33-48(50)37-19-7-2-8-20-37;/h1-35H;1H4. The highest BCUT2D eigenvalue weighted by atomic mass is 79.9. The molecule has 0 unspecified atom stereocenters. The molecule has 0 spiro atoms. The lowest BCUT2D eigenvalue weighted by molar-refractivity contribution is 1.32. The number of pyridine rings is 2. The molecule has 0 bridgehead atoms. The number of benzene rings is 7. The van der Waals surface area contributed by atoms with E-state index >= 15 is 0 Å². The molecule has 0 N–H and O–H groups in total. The average molecular weight is 784 g/mol. The van der Waals surface area contributed by atoms with Gasteiger partial charge in [-0.05, 0) is 86.0 Å². The van der Waals surface area contributed by atoms with Crippen molar-refractivity contribution in [1.82, 2.24) is 9.97 Å². The van der Waals surface area contributed by atoms with Crippen LogP contribution in [0.4, 0.5) is 0 Å². The van der Waals surface area contributed by atoms with Crippen molar-refractivity contribution in [2.75, 3.05) is 0 Å². The van der Waals surface area contributed by atoms with Crippen molar-refractivity contribution in [3.05, 3.63) is 217 Å². The molecule has 0 saturated carbocycles. The van der Waals surface area contributed by atoms with Gasteiger partial charge in [-0.25, -0.2) is 0 Å². The Kier molecular flexibility index (Phi) is 10.6. The lowest BCUT2D eigenvalue weighted by Crippen LogP contribution is -1.94. The SMILES string of the molecule is Brc1cc(-c2ccccc2-c2cnc(-c3ccccc3)cc2-c2ccccc2)cc(-c2ccccc2-c2cnc(-c3ccccc3)cc2-c2ccccc2)c1.C. The molecule has 0 aliphatic rings. The molecule has 9 aromatic rings. The van der Waals surface area contributed by atoms with Crippen LogP contribution in [0.2, 0.25) is 0 Å². The molecule has 0 aliphatic carbocycles. The fraction of sp³-hybridized carbons (Fsp3) is 0.0189. The number of rotatable bonds is 8. The van der Waals surface area contributed by atoms with Crippen molar-refractivity contribution < 1.29 is 0 Å². The molecule has 2 heterocycles. The fourth-order valence-corrected chi connectivity index (χ4v) is 7.92. The molecule has 0 aliphatic heterocycles. The van der Waals surface area contributed by atoms with Gasteiger partial charge in [-0.15, -0.1) is 0 Å². The summed E-state index contributed by atoms with van der Waals surface area (Å²) in [7, 11) is 0. The third kappa shape index (κ3) is 7.38. The molecule has 2 nitrogen and oxygen atoms in total. The molecule has 0 radical (unpaired) electrons. The molecule has 0 atom stereocenters. The quantitative estimate of drug-likeness (QED) is 0.153. The number of nitrogens with zero attached hydrogens (tertiary/aromatic N) is 2. The van der Waals surface area contributed by atoms with Crippen LogP contribution in [0.3, 0.4) is 0 Å². The molecule has 0 saturated heterocycles. The minimum absolute atomic E-state index is 0. The molecule has 7 aromatic carbocycles. The van der Waals surface area contributed by atoms with Crippen LogP contribution in [-0.4, -0.2) is 9.97 Å². The van der Waals surface area contributed by atoms with Crippen molar-refractivity contribution in [2.24, 2.45) is 0 Å². The first-order valence-electron chi connectivity index (χ1n) is 18.4.